The highest BCUT2D eigenvalue weighted by Crippen LogP contribution is 2.16. The Kier molecular flexibility index (Phi) is 2.13. The largest absolute Gasteiger partial charge is 0.387 e. The molecule has 1 aliphatic heterocycles. The molecule has 2 heteroatoms. The Hall–Kier alpha value is -1.57. The van der Waals surface area contributed by atoms with Crippen molar-refractivity contribution in [2.75, 3.05) is 6.54 Å². The number of rotatable bonds is 1. The minimum atomic E-state index is -0.197. The molecule has 13 heavy (non-hydrogen) atoms. The van der Waals surface area contributed by atoms with E-state index < -0.39 is 0 Å². The molecule has 1 heterocycles. The third kappa shape index (κ3) is 1.78. The maximum Gasteiger partial charge on any atom is 0.123 e. The summed E-state index contributed by atoms with van der Waals surface area (Å²) in [4.78, 5) is 0. The van der Waals surface area contributed by atoms with E-state index in [0.717, 1.165) is 17.7 Å². The van der Waals surface area contributed by atoms with Gasteiger partial charge < -0.3 is 5.32 Å². The first-order chi connectivity index (χ1) is 6.36. The second-order valence-electron chi connectivity index (χ2n) is 2.92. The van der Waals surface area contributed by atoms with E-state index in [2.05, 4.69) is 5.32 Å². The van der Waals surface area contributed by atoms with Crippen LogP contribution >= 0.6 is 0 Å². The second kappa shape index (κ2) is 3.44. The molecular weight excluding hydrogens is 165 g/mol. The topological polar surface area (TPSA) is 12.0 Å². The van der Waals surface area contributed by atoms with Crippen molar-refractivity contribution in [3.63, 3.8) is 0 Å². The molecule has 0 aromatic heterocycles. The summed E-state index contributed by atoms with van der Waals surface area (Å²) in [6.07, 6.45) is 6.01. The lowest BCUT2D eigenvalue weighted by Crippen LogP contribution is -2.08. The molecule has 1 nitrogen and oxygen atoms in total. The van der Waals surface area contributed by atoms with Crippen LogP contribution in [0.2, 0.25) is 0 Å². The van der Waals surface area contributed by atoms with Crippen molar-refractivity contribution in [3.05, 3.63) is 54.0 Å². The molecule has 0 unspecified atom stereocenters. The van der Waals surface area contributed by atoms with Crippen molar-refractivity contribution in [2.45, 2.75) is 0 Å². The highest BCUT2D eigenvalue weighted by molar-refractivity contribution is 5.74. The van der Waals surface area contributed by atoms with E-state index in [1.165, 1.54) is 12.1 Å². The minimum Gasteiger partial charge on any atom is -0.387 e. The Labute approximate surface area is 76.6 Å². The van der Waals surface area contributed by atoms with Gasteiger partial charge >= 0.3 is 0 Å². The van der Waals surface area contributed by atoms with E-state index in [0.29, 0.717) is 0 Å². The van der Waals surface area contributed by atoms with Gasteiger partial charge in [0.2, 0.25) is 0 Å². The predicted molar refractivity (Wildman–Crippen MR) is 51.5 cm³/mol. The summed E-state index contributed by atoms with van der Waals surface area (Å²) in [7, 11) is 0. The van der Waals surface area contributed by atoms with Crippen LogP contribution in [0.4, 0.5) is 4.39 Å². The van der Waals surface area contributed by atoms with Crippen LogP contribution in [-0.4, -0.2) is 6.54 Å². The van der Waals surface area contributed by atoms with E-state index in [-0.39, 0.29) is 5.82 Å². The first-order valence-electron chi connectivity index (χ1n) is 4.22. The molecule has 1 N–H and O–H groups in total. The third-order valence-electron chi connectivity index (χ3n) is 1.97. The second-order valence-corrected chi connectivity index (χ2v) is 2.92. The van der Waals surface area contributed by atoms with E-state index >= 15 is 0 Å². The van der Waals surface area contributed by atoms with E-state index in [4.69, 9.17) is 0 Å². The lowest BCUT2D eigenvalue weighted by Gasteiger charge is -2.08. The Balaban J connectivity index is 2.30. The van der Waals surface area contributed by atoms with Crippen LogP contribution in [0.1, 0.15) is 5.56 Å². The maximum absolute atomic E-state index is 12.6. The quantitative estimate of drug-likeness (QED) is 0.690. The number of benzene rings is 1. The summed E-state index contributed by atoms with van der Waals surface area (Å²) >= 11 is 0. The zero-order valence-electron chi connectivity index (χ0n) is 7.13. The molecule has 1 aromatic carbocycles. The zero-order valence-corrected chi connectivity index (χ0v) is 7.13. The number of allylic oxidation sites excluding steroid dienone is 2. The smallest absolute Gasteiger partial charge is 0.123 e. The van der Waals surface area contributed by atoms with Gasteiger partial charge in [-0.3, -0.25) is 0 Å². The van der Waals surface area contributed by atoms with Crippen molar-refractivity contribution in [1.29, 1.82) is 0 Å². The average molecular weight is 175 g/mol. The summed E-state index contributed by atoms with van der Waals surface area (Å²) in [6, 6.07) is 6.49. The lowest BCUT2D eigenvalue weighted by molar-refractivity contribution is 0.627. The van der Waals surface area contributed by atoms with Gasteiger partial charge in [-0.25, -0.2) is 4.39 Å². The van der Waals surface area contributed by atoms with Crippen molar-refractivity contribution in [3.8, 4) is 0 Å². The molecule has 0 aliphatic carbocycles. The fourth-order valence-electron chi connectivity index (χ4n) is 1.29. The van der Waals surface area contributed by atoms with Crippen LogP contribution in [0.25, 0.3) is 5.57 Å². The van der Waals surface area contributed by atoms with Gasteiger partial charge in [0, 0.05) is 12.7 Å². The normalized spacial score (nSPS) is 15.0. The van der Waals surface area contributed by atoms with Gasteiger partial charge in [-0.15, -0.1) is 0 Å². The fourth-order valence-corrected chi connectivity index (χ4v) is 1.29. The fraction of sp³-hybridized carbons (Fsp3) is 0.0909. The van der Waals surface area contributed by atoms with Crippen LogP contribution in [0.15, 0.2) is 42.6 Å². The van der Waals surface area contributed by atoms with Crippen LogP contribution in [0.5, 0.6) is 0 Å². The van der Waals surface area contributed by atoms with Crippen molar-refractivity contribution >= 4 is 5.57 Å². The van der Waals surface area contributed by atoms with Crippen molar-refractivity contribution < 1.29 is 4.39 Å². The Morgan fingerprint density at radius 1 is 1.15 bits per heavy atom. The molecular formula is C11H10FN. The number of halogens is 1. The van der Waals surface area contributed by atoms with E-state index in [9.17, 15) is 4.39 Å². The standard InChI is InChI=1S/C11H10FN/c12-11-5-3-9(4-6-11)10-2-1-7-13-8-10/h1-6,8,13H,7H2. The molecule has 0 fully saturated rings. The molecule has 66 valence electrons. The number of nitrogens with one attached hydrogen (secondary N) is 1. The Morgan fingerprint density at radius 2 is 1.92 bits per heavy atom. The summed E-state index contributed by atoms with van der Waals surface area (Å²) in [5.41, 5.74) is 2.12. The molecule has 0 amide bonds. The number of hydrogen-bond acceptors (Lipinski definition) is 1. The summed E-state index contributed by atoms with van der Waals surface area (Å²) in [5.74, 6) is -0.197. The first-order valence-corrected chi connectivity index (χ1v) is 4.22. The SMILES string of the molecule is Fc1ccc(C2=CNCC=C2)cc1. The first kappa shape index (κ1) is 8.05. The number of dihydropyridines is 1. The molecule has 0 saturated heterocycles. The molecule has 1 aliphatic rings. The van der Waals surface area contributed by atoms with Crippen molar-refractivity contribution in [1.82, 2.24) is 5.32 Å². The van der Waals surface area contributed by atoms with Gasteiger partial charge in [-0.1, -0.05) is 24.3 Å². The molecule has 0 spiro atoms. The number of hydrogen-bond donors (Lipinski definition) is 1. The van der Waals surface area contributed by atoms with Gasteiger partial charge in [-0.05, 0) is 23.3 Å². The van der Waals surface area contributed by atoms with E-state index in [1.807, 2.05) is 18.4 Å². The third-order valence-corrected chi connectivity index (χ3v) is 1.97. The van der Waals surface area contributed by atoms with Crippen molar-refractivity contribution in [2.24, 2.45) is 0 Å². The summed E-state index contributed by atoms with van der Waals surface area (Å²) in [5, 5.41) is 3.11. The van der Waals surface area contributed by atoms with Crippen LogP contribution < -0.4 is 5.32 Å². The molecule has 0 saturated carbocycles. The lowest BCUT2D eigenvalue weighted by atomic mass is 10.1. The monoisotopic (exact) mass is 175 g/mol. The van der Waals surface area contributed by atoms with Crippen LogP contribution in [0.3, 0.4) is 0 Å². The summed E-state index contributed by atoms with van der Waals surface area (Å²) in [6.45, 7) is 0.866. The minimum absolute atomic E-state index is 0.197. The van der Waals surface area contributed by atoms with E-state index in [1.54, 1.807) is 12.1 Å². The average Bonchev–Trinajstić information content (AvgIpc) is 2.20. The van der Waals surface area contributed by atoms with Gasteiger partial charge in [-0.2, -0.15) is 0 Å². The van der Waals surface area contributed by atoms with Crippen LogP contribution in [-0.2, 0) is 0 Å². The Morgan fingerprint density at radius 3 is 2.54 bits per heavy atom. The molecule has 1 aromatic rings. The highest BCUT2D eigenvalue weighted by atomic mass is 19.1. The predicted octanol–water partition coefficient (Wildman–Crippen LogP) is 2.33. The molecule has 2 rings (SSSR count). The zero-order chi connectivity index (χ0) is 9.10. The Bertz CT molecular complexity index is 349. The maximum atomic E-state index is 12.6. The van der Waals surface area contributed by atoms with Crippen LogP contribution in [0, 0.1) is 5.82 Å². The van der Waals surface area contributed by atoms with Gasteiger partial charge in [0.15, 0.2) is 0 Å². The van der Waals surface area contributed by atoms with Gasteiger partial charge in [0.1, 0.15) is 5.82 Å². The molecule has 0 radical (unpaired) electrons. The highest BCUT2D eigenvalue weighted by Gasteiger charge is 1.99. The summed E-state index contributed by atoms with van der Waals surface area (Å²) < 4.78 is 12.6. The van der Waals surface area contributed by atoms with Gasteiger partial charge in [0.05, 0.1) is 0 Å². The molecule has 0 bridgehead atoms. The molecule has 0 atom stereocenters. The van der Waals surface area contributed by atoms with Gasteiger partial charge in [0.25, 0.3) is 0 Å².